The topological polar surface area (TPSA) is 79.6 Å². The number of para-hydroxylation sites is 1. The van der Waals surface area contributed by atoms with Crippen LogP contribution >= 0.6 is 15.9 Å². The number of carbonyl (C=O) groups excluding carboxylic acids is 1. The largest absolute Gasteiger partial charge is 0.456 e. The van der Waals surface area contributed by atoms with Crippen molar-refractivity contribution in [1.29, 1.82) is 0 Å². The molecule has 0 fully saturated rings. The molecule has 0 aliphatic heterocycles. The number of hydrogen-bond acceptors (Lipinski definition) is 4. The molecule has 176 valence electrons. The third-order valence-electron chi connectivity index (χ3n) is 5.67. The summed E-state index contributed by atoms with van der Waals surface area (Å²) in [5.74, 6) is -0.473. The van der Waals surface area contributed by atoms with Crippen molar-refractivity contribution in [3.05, 3.63) is 101 Å². The Labute approximate surface area is 211 Å². The molecule has 0 unspecified atom stereocenters. The van der Waals surface area contributed by atoms with Crippen LogP contribution < -0.4 is 9.62 Å². The van der Waals surface area contributed by atoms with Crippen LogP contribution in [-0.2, 0) is 14.8 Å². The predicted octanol–water partition coefficient (Wildman–Crippen LogP) is 6.49. The van der Waals surface area contributed by atoms with Crippen molar-refractivity contribution in [1.82, 2.24) is 0 Å². The van der Waals surface area contributed by atoms with Gasteiger partial charge in [0.2, 0.25) is 5.91 Å². The Morgan fingerprint density at radius 1 is 0.886 bits per heavy atom. The lowest BCUT2D eigenvalue weighted by atomic mass is 10.1. The van der Waals surface area contributed by atoms with Gasteiger partial charge in [0.05, 0.1) is 10.6 Å². The van der Waals surface area contributed by atoms with Gasteiger partial charge in [0.1, 0.15) is 17.7 Å². The lowest BCUT2D eigenvalue weighted by Gasteiger charge is -2.24. The van der Waals surface area contributed by atoms with Gasteiger partial charge in [-0.15, -0.1) is 0 Å². The third kappa shape index (κ3) is 4.67. The molecule has 1 amide bonds. The molecule has 0 aliphatic rings. The first-order chi connectivity index (χ1) is 16.8. The van der Waals surface area contributed by atoms with Crippen LogP contribution in [-0.4, -0.2) is 20.9 Å². The number of benzene rings is 4. The summed E-state index contributed by atoms with van der Waals surface area (Å²) in [6.45, 7) is 1.49. The zero-order valence-corrected chi connectivity index (χ0v) is 21.1. The zero-order chi connectivity index (χ0) is 24.6. The average Bonchev–Trinajstić information content (AvgIpc) is 3.21. The number of anilines is 2. The molecule has 0 atom stereocenters. The number of hydrogen-bond donors (Lipinski definition) is 1. The normalized spacial score (nSPS) is 11.6. The van der Waals surface area contributed by atoms with Gasteiger partial charge in [-0.2, -0.15) is 0 Å². The summed E-state index contributed by atoms with van der Waals surface area (Å²) in [4.78, 5) is 13.2. The van der Waals surface area contributed by atoms with E-state index in [-0.39, 0.29) is 4.90 Å². The van der Waals surface area contributed by atoms with E-state index in [1.54, 1.807) is 60.7 Å². The summed E-state index contributed by atoms with van der Waals surface area (Å²) >= 11 is 3.37. The van der Waals surface area contributed by atoms with Crippen molar-refractivity contribution in [2.75, 3.05) is 16.2 Å². The second-order valence-electron chi connectivity index (χ2n) is 8.16. The molecular weight excluding hydrogens is 528 g/mol. The van der Waals surface area contributed by atoms with Crippen molar-refractivity contribution >= 4 is 65.2 Å². The molecule has 0 bridgehead atoms. The molecule has 0 aliphatic carbocycles. The Morgan fingerprint density at radius 2 is 1.57 bits per heavy atom. The second-order valence-corrected chi connectivity index (χ2v) is 10.9. The van der Waals surface area contributed by atoms with Crippen LogP contribution in [0.15, 0.2) is 105 Å². The van der Waals surface area contributed by atoms with Crippen LogP contribution in [0.1, 0.15) is 5.56 Å². The maximum absolute atomic E-state index is 13.5. The van der Waals surface area contributed by atoms with Crippen LogP contribution in [0.3, 0.4) is 0 Å². The molecule has 4 aromatic carbocycles. The van der Waals surface area contributed by atoms with Crippen LogP contribution in [0.4, 0.5) is 11.4 Å². The van der Waals surface area contributed by atoms with Crippen LogP contribution in [0.2, 0.25) is 0 Å². The van der Waals surface area contributed by atoms with Crippen molar-refractivity contribution in [2.24, 2.45) is 0 Å². The van der Waals surface area contributed by atoms with Gasteiger partial charge in [-0.3, -0.25) is 9.10 Å². The van der Waals surface area contributed by atoms with E-state index in [9.17, 15) is 13.2 Å². The van der Waals surface area contributed by atoms with Crippen molar-refractivity contribution in [2.45, 2.75) is 11.8 Å². The van der Waals surface area contributed by atoms with Crippen molar-refractivity contribution < 1.29 is 17.6 Å². The van der Waals surface area contributed by atoms with Gasteiger partial charge in [0.25, 0.3) is 10.0 Å². The minimum Gasteiger partial charge on any atom is -0.456 e. The van der Waals surface area contributed by atoms with Gasteiger partial charge >= 0.3 is 0 Å². The number of nitrogens with zero attached hydrogens (tertiary/aromatic N) is 1. The number of furan rings is 1. The van der Waals surface area contributed by atoms with E-state index in [1.807, 2.05) is 37.3 Å². The van der Waals surface area contributed by atoms with Gasteiger partial charge in [-0.1, -0.05) is 51.8 Å². The fraction of sp³-hybridized carbons (Fsp3) is 0.0741. The summed E-state index contributed by atoms with van der Waals surface area (Å²) in [7, 11) is -3.98. The maximum atomic E-state index is 13.5. The molecule has 1 heterocycles. The molecule has 5 aromatic rings. The Bertz CT molecular complexity index is 1640. The lowest BCUT2D eigenvalue weighted by Crippen LogP contribution is -2.38. The highest BCUT2D eigenvalue weighted by atomic mass is 79.9. The van der Waals surface area contributed by atoms with Crippen molar-refractivity contribution in [3.63, 3.8) is 0 Å². The number of halogens is 1. The highest BCUT2D eigenvalue weighted by molar-refractivity contribution is 9.10. The molecule has 35 heavy (non-hydrogen) atoms. The van der Waals surface area contributed by atoms with Gasteiger partial charge in [0, 0.05) is 27.0 Å². The van der Waals surface area contributed by atoms with E-state index in [0.29, 0.717) is 17.0 Å². The number of rotatable bonds is 6. The van der Waals surface area contributed by atoms with Crippen LogP contribution in [0, 0.1) is 6.92 Å². The maximum Gasteiger partial charge on any atom is 0.264 e. The average molecular weight is 549 g/mol. The van der Waals surface area contributed by atoms with E-state index in [4.69, 9.17) is 4.42 Å². The molecule has 1 aromatic heterocycles. The van der Waals surface area contributed by atoms with Gasteiger partial charge < -0.3 is 9.73 Å². The van der Waals surface area contributed by atoms with E-state index >= 15 is 0 Å². The quantitative estimate of drug-likeness (QED) is 0.263. The molecule has 5 rings (SSSR count). The standard InChI is InChI=1S/C27H21BrN2O4S/c1-18-6-13-22(14-7-18)35(32,33)30(21-11-8-19(28)9-12-21)17-27(31)29-20-10-15-24-23-4-2-3-5-25(23)34-26(24)16-20/h2-16H,17H2,1H3,(H,29,31). The minimum atomic E-state index is -3.98. The number of aryl methyl sites for hydroxylation is 1. The molecule has 0 spiro atoms. The van der Waals surface area contributed by atoms with Gasteiger partial charge in [-0.05, 0) is 61.5 Å². The predicted molar refractivity (Wildman–Crippen MR) is 142 cm³/mol. The highest BCUT2D eigenvalue weighted by Gasteiger charge is 2.27. The first-order valence-corrected chi connectivity index (χ1v) is 13.1. The molecular formula is C27H21BrN2O4S. The SMILES string of the molecule is Cc1ccc(S(=O)(=O)N(CC(=O)Nc2ccc3c(c2)oc2ccccc23)c2ccc(Br)cc2)cc1. The monoisotopic (exact) mass is 548 g/mol. The smallest absolute Gasteiger partial charge is 0.264 e. The van der Waals surface area contributed by atoms with E-state index in [2.05, 4.69) is 21.2 Å². The fourth-order valence-electron chi connectivity index (χ4n) is 3.89. The number of carbonyl (C=O) groups is 1. The number of nitrogens with one attached hydrogen (secondary N) is 1. The van der Waals surface area contributed by atoms with E-state index in [0.717, 1.165) is 30.7 Å². The third-order valence-corrected chi connectivity index (χ3v) is 7.99. The Hall–Kier alpha value is -3.62. The Kier molecular flexibility index (Phi) is 6.08. The number of amides is 1. The first-order valence-electron chi connectivity index (χ1n) is 10.9. The first kappa shape index (κ1) is 23.1. The van der Waals surface area contributed by atoms with Gasteiger partial charge in [-0.25, -0.2) is 8.42 Å². The highest BCUT2D eigenvalue weighted by Crippen LogP contribution is 2.31. The molecule has 0 saturated heterocycles. The number of fused-ring (bicyclic) bond motifs is 3. The molecule has 0 radical (unpaired) electrons. The molecule has 8 heteroatoms. The van der Waals surface area contributed by atoms with Gasteiger partial charge in [0.15, 0.2) is 0 Å². The zero-order valence-electron chi connectivity index (χ0n) is 18.7. The summed E-state index contributed by atoms with van der Waals surface area (Å²) < 4.78 is 34.8. The van der Waals surface area contributed by atoms with Crippen molar-refractivity contribution in [3.8, 4) is 0 Å². The van der Waals surface area contributed by atoms with Crippen LogP contribution in [0.5, 0.6) is 0 Å². The molecule has 1 N–H and O–H groups in total. The summed E-state index contributed by atoms with van der Waals surface area (Å²) in [6, 6.07) is 26.5. The fourth-order valence-corrected chi connectivity index (χ4v) is 5.58. The minimum absolute atomic E-state index is 0.113. The summed E-state index contributed by atoms with van der Waals surface area (Å²) in [5.41, 5.74) is 3.25. The molecule has 6 nitrogen and oxygen atoms in total. The van der Waals surface area contributed by atoms with E-state index in [1.165, 1.54) is 0 Å². The lowest BCUT2D eigenvalue weighted by molar-refractivity contribution is -0.114. The molecule has 0 saturated carbocycles. The Balaban J connectivity index is 1.44. The van der Waals surface area contributed by atoms with E-state index < -0.39 is 22.5 Å². The number of sulfonamides is 1. The summed E-state index contributed by atoms with van der Waals surface area (Å²) in [5, 5.41) is 4.74. The second kappa shape index (κ2) is 9.20. The Morgan fingerprint density at radius 3 is 2.31 bits per heavy atom. The summed E-state index contributed by atoms with van der Waals surface area (Å²) in [6.07, 6.45) is 0. The van der Waals surface area contributed by atoms with Crippen LogP contribution in [0.25, 0.3) is 21.9 Å².